The van der Waals surface area contributed by atoms with Gasteiger partial charge in [-0.3, -0.25) is 4.90 Å². The van der Waals surface area contributed by atoms with Gasteiger partial charge in [0.1, 0.15) is 17.4 Å². The Balaban J connectivity index is 2.99. The zero-order chi connectivity index (χ0) is 19.7. The van der Waals surface area contributed by atoms with Crippen molar-refractivity contribution < 1.29 is 24.2 Å². The predicted octanol–water partition coefficient (Wildman–Crippen LogP) is 4.10. The number of aliphatic carboxylic acids is 1. The number of hydrogen-bond donors (Lipinski definition) is 1. The molecule has 0 bridgehead atoms. The lowest BCUT2D eigenvalue weighted by atomic mass is 10.0. The second-order valence-electron chi connectivity index (χ2n) is 6.85. The summed E-state index contributed by atoms with van der Waals surface area (Å²) in [5.74, 6) is -0.328. The molecule has 26 heavy (non-hydrogen) atoms. The number of carbonyl (C=O) groups is 2. The van der Waals surface area contributed by atoms with Crippen LogP contribution in [0.25, 0.3) is 0 Å². The van der Waals surface area contributed by atoms with Crippen LogP contribution in [0, 0.1) is 0 Å². The zero-order valence-corrected chi connectivity index (χ0v) is 17.4. The molecular weight excluding hydrogens is 402 g/mol. The second-order valence-corrected chi connectivity index (χ2v) is 7.64. The highest BCUT2D eigenvalue weighted by molar-refractivity contribution is 9.09. The molecule has 7 heteroatoms. The quantitative estimate of drug-likeness (QED) is 0.597. The summed E-state index contributed by atoms with van der Waals surface area (Å²) in [4.78, 5) is 25.7. The molecule has 1 aromatic rings. The minimum Gasteiger partial charge on any atom is -0.494 e. The van der Waals surface area contributed by atoms with E-state index in [1.165, 1.54) is 4.90 Å². The van der Waals surface area contributed by atoms with Crippen molar-refractivity contribution in [3.63, 3.8) is 0 Å². The van der Waals surface area contributed by atoms with Crippen LogP contribution >= 0.6 is 15.9 Å². The third-order valence-electron chi connectivity index (χ3n) is 3.49. The fraction of sp³-hybridized carbons (Fsp3) is 0.579. The molecule has 0 spiro atoms. The Morgan fingerprint density at radius 3 is 2.31 bits per heavy atom. The lowest BCUT2D eigenvalue weighted by Crippen LogP contribution is -2.48. The van der Waals surface area contributed by atoms with Gasteiger partial charge in [-0.15, -0.1) is 0 Å². The third-order valence-corrected chi connectivity index (χ3v) is 4.05. The summed E-state index contributed by atoms with van der Waals surface area (Å²) in [5, 5.41) is 10.4. The topological polar surface area (TPSA) is 76.1 Å². The maximum Gasteiger partial charge on any atom is 0.411 e. The van der Waals surface area contributed by atoms with Gasteiger partial charge in [0, 0.05) is 18.3 Å². The van der Waals surface area contributed by atoms with Crippen molar-refractivity contribution in [3.8, 4) is 5.75 Å². The van der Waals surface area contributed by atoms with Gasteiger partial charge < -0.3 is 14.6 Å². The van der Waals surface area contributed by atoms with Gasteiger partial charge in [0.15, 0.2) is 0 Å². The van der Waals surface area contributed by atoms with Gasteiger partial charge in [-0.25, -0.2) is 9.59 Å². The van der Waals surface area contributed by atoms with E-state index in [4.69, 9.17) is 9.47 Å². The molecule has 0 unspecified atom stereocenters. The van der Waals surface area contributed by atoms with Crippen molar-refractivity contribution in [1.82, 2.24) is 4.90 Å². The number of nitrogens with zero attached hydrogens (tertiary/aromatic N) is 1. The van der Waals surface area contributed by atoms with Crippen LogP contribution in [0.15, 0.2) is 24.3 Å². The average Bonchev–Trinajstić information content (AvgIpc) is 2.54. The molecule has 0 aliphatic carbocycles. The van der Waals surface area contributed by atoms with E-state index in [1.807, 2.05) is 19.1 Å². The minimum absolute atomic E-state index is 0.198. The Hall–Kier alpha value is -1.76. The van der Waals surface area contributed by atoms with Crippen molar-refractivity contribution in [2.45, 2.75) is 52.2 Å². The lowest BCUT2D eigenvalue weighted by molar-refractivity contribution is -0.143. The van der Waals surface area contributed by atoms with E-state index in [1.54, 1.807) is 32.9 Å². The summed E-state index contributed by atoms with van der Waals surface area (Å²) in [7, 11) is 0. The Morgan fingerprint density at radius 1 is 1.23 bits per heavy atom. The number of carboxylic acids is 1. The molecule has 0 heterocycles. The number of halogens is 1. The highest BCUT2D eigenvalue weighted by Gasteiger charge is 2.32. The molecule has 6 nitrogen and oxygen atoms in total. The molecule has 146 valence electrons. The summed E-state index contributed by atoms with van der Waals surface area (Å²) >= 11 is 3.32. The molecule has 0 saturated carbocycles. The van der Waals surface area contributed by atoms with E-state index in [0.29, 0.717) is 24.9 Å². The molecule has 0 aromatic heterocycles. The van der Waals surface area contributed by atoms with Crippen molar-refractivity contribution in [2.24, 2.45) is 0 Å². The fourth-order valence-electron chi connectivity index (χ4n) is 2.37. The molecule has 1 N–H and O–H groups in total. The molecule has 1 aromatic carbocycles. The highest BCUT2D eigenvalue weighted by atomic mass is 79.9. The predicted molar refractivity (Wildman–Crippen MR) is 104 cm³/mol. The maximum absolute atomic E-state index is 12.5. The summed E-state index contributed by atoms with van der Waals surface area (Å²) in [6, 6.07) is 6.24. The number of rotatable bonds is 9. The third kappa shape index (κ3) is 7.64. The molecule has 1 atom stereocenters. The van der Waals surface area contributed by atoms with Crippen molar-refractivity contribution in [3.05, 3.63) is 29.8 Å². The van der Waals surface area contributed by atoms with E-state index in [2.05, 4.69) is 15.9 Å². The number of alkyl halides is 1. The standard InChI is InChI=1S/C19H28BrNO5/c1-5-25-15-9-7-14(8-10-15)13-16(17(22)23)21(12-6-11-20)18(24)26-19(2,3)4/h7-10,16H,5-6,11-13H2,1-4H3,(H,22,23)/t16-/m0/s1. The molecule has 1 rings (SSSR count). The first-order valence-corrected chi connectivity index (χ1v) is 9.80. The van der Waals surface area contributed by atoms with Crippen LogP contribution in [-0.2, 0) is 16.0 Å². The first-order chi connectivity index (χ1) is 12.2. The van der Waals surface area contributed by atoms with Gasteiger partial charge in [0.2, 0.25) is 0 Å². The van der Waals surface area contributed by atoms with Crippen molar-refractivity contribution in [2.75, 3.05) is 18.5 Å². The largest absolute Gasteiger partial charge is 0.494 e. The van der Waals surface area contributed by atoms with Crippen LogP contribution in [0.3, 0.4) is 0 Å². The molecule has 0 radical (unpaired) electrons. The number of amides is 1. The maximum atomic E-state index is 12.5. The highest BCUT2D eigenvalue weighted by Crippen LogP contribution is 2.18. The monoisotopic (exact) mass is 429 g/mol. The fourth-order valence-corrected chi connectivity index (χ4v) is 2.62. The summed E-state index contributed by atoms with van der Waals surface area (Å²) in [5.41, 5.74) is 0.125. The molecule has 0 aliphatic heterocycles. The number of carboxylic acid groups (broad SMARTS) is 1. The molecule has 1 amide bonds. The smallest absolute Gasteiger partial charge is 0.411 e. The number of carbonyl (C=O) groups excluding carboxylic acids is 1. The zero-order valence-electron chi connectivity index (χ0n) is 15.8. The number of ether oxygens (including phenoxy) is 2. The Kier molecular flexibility index (Phi) is 8.92. The van der Waals surface area contributed by atoms with Crippen LogP contribution in [-0.4, -0.2) is 52.2 Å². The number of hydrogen-bond acceptors (Lipinski definition) is 4. The Bertz CT molecular complexity index is 583. The van der Waals surface area contributed by atoms with Crippen LogP contribution in [0.4, 0.5) is 4.79 Å². The van der Waals surface area contributed by atoms with Crippen molar-refractivity contribution in [1.29, 1.82) is 0 Å². The van der Waals surface area contributed by atoms with Crippen LogP contribution in [0.2, 0.25) is 0 Å². The van der Waals surface area contributed by atoms with Gasteiger partial charge in [-0.1, -0.05) is 28.1 Å². The first-order valence-electron chi connectivity index (χ1n) is 8.68. The van der Waals surface area contributed by atoms with E-state index in [9.17, 15) is 14.7 Å². The SMILES string of the molecule is CCOc1ccc(C[C@@H](C(=O)O)N(CCCBr)C(=O)OC(C)(C)C)cc1. The molecule has 0 saturated heterocycles. The summed E-state index contributed by atoms with van der Waals surface area (Å²) in [6.45, 7) is 8.04. The van der Waals surface area contributed by atoms with Gasteiger partial charge in [0.05, 0.1) is 6.61 Å². The Labute approximate surface area is 163 Å². The van der Waals surface area contributed by atoms with E-state index in [0.717, 1.165) is 11.3 Å². The molecule has 0 fully saturated rings. The first kappa shape index (κ1) is 22.3. The van der Waals surface area contributed by atoms with E-state index >= 15 is 0 Å². The van der Waals surface area contributed by atoms with Crippen LogP contribution < -0.4 is 4.74 Å². The van der Waals surface area contributed by atoms with Gasteiger partial charge in [-0.05, 0) is 51.8 Å². The summed E-state index contributed by atoms with van der Waals surface area (Å²) < 4.78 is 10.8. The van der Waals surface area contributed by atoms with Crippen molar-refractivity contribution >= 4 is 28.0 Å². The minimum atomic E-state index is -1.06. The van der Waals surface area contributed by atoms with Crippen LogP contribution in [0.1, 0.15) is 39.7 Å². The Morgan fingerprint density at radius 2 is 1.85 bits per heavy atom. The lowest BCUT2D eigenvalue weighted by Gasteiger charge is -2.31. The average molecular weight is 430 g/mol. The summed E-state index contributed by atoms with van der Waals surface area (Å²) in [6.07, 6.45) is 0.215. The number of benzene rings is 1. The molecular formula is C19H28BrNO5. The van der Waals surface area contributed by atoms with Gasteiger partial charge in [-0.2, -0.15) is 0 Å². The van der Waals surface area contributed by atoms with Gasteiger partial charge >= 0.3 is 12.1 Å². The normalized spacial score (nSPS) is 12.3. The molecule has 0 aliphatic rings. The van der Waals surface area contributed by atoms with E-state index in [-0.39, 0.29) is 6.42 Å². The van der Waals surface area contributed by atoms with Crippen LogP contribution in [0.5, 0.6) is 5.75 Å². The van der Waals surface area contributed by atoms with E-state index < -0.39 is 23.7 Å². The second kappa shape index (κ2) is 10.4. The van der Waals surface area contributed by atoms with Gasteiger partial charge in [0.25, 0.3) is 0 Å².